The third-order valence-corrected chi connectivity index (χ3v) is 2.08. The third kappa shape index (κ3) is 1.39. The lowest BCUT2D eigenvalue weighted by atomic mass is 10.1. The van der Waals surface area contributed by atoms with Gasteiger partial charge in [-0.15, -0.1) is 0 Å². The van der Waals surface area contributed by atoms with Crippen molar-refractivity contribution in [1.29, 1.82) is 0 Å². The Morgan fingerprint density at radius 1 is 1.46 bits per heavy atom. The largest absolute Gasteiger partial charge is 0.252 e. The monoisotopic (exact) mass is 176 g/mol. The van der Waals surface area contributed by atoms with Gasteiger partial charge in [-0.2, -0.15) is 10.1 Å². The van der Waals surface area contributed by atoms with Crippen molar-refractivity contribution in [2.24, 2.45) is 0 Å². The highest BCUT2D eigenvalue weighted by Gasteiger charge is 2.02. The highest BCUT2D eigenvalue weighted by molar-refractivity contribution is 5.30. The minimum atomic E-state index is 0.678. The molecule has 0 aliphatic carbocycles. The second-order valence-corrected chi connectivity index (χ2v) is 3.11. The van der Waals surface area contributed by atoms with Crippen LogP contribution in [-0.2, 0) is 6.42 Å². The first-order valence-electron chi connectivity index (χ1n) is 4.47. The summed E-state index contributed by atoms with van der Waals surface area (Å²) in [6.45, 7) is 4.17. The van der Waals surface area contributed by atoms with Gasteiger partial charge in [0.25, 0.3) is 5.78 Å². The van der Waals surface area contributed by atoms with Gasteiger partial charge in [0.1, 0.15) is 6.33 Å². The number of aryl methyl sites for hydroxylation is 2. The number of nitrogens with zero attached hydrogens (tertiary/aromatic N) is 4. The van der Waals surface area contributed by atoms with Gasteiger partial charge in [-0.1, -0.05) is 13.3 Å². The third-order valence-electron chi connectivity index (χ3n) is 2.08. The van der Waals surface area contributed by atoms with E-state index in [9.17, 15) is 0 Å². The molecule has 2 aromatic heterocycles. The van der Waals surface area contributed by atoms with Crippen LogP contribution in [0.25, 0.3) is 5.78 Å². The van der Waals surface area contributed by atoms with Crippen molar-refractivity contribution in [2.45, 2.75) is 26.7 Å². The SMILES string of the molecule is CCCc1cn2ncnc2nc1C. The first kappa shape index (κ1) is 8.16. The summed E-state index contributed by atoms with van der Waals surface area (Å²) < 4.78 is 1.72. The maximum atomic E-state index is 4.34. The molecule has 0 aliphatic rings. The first-order chi connectivity index (χ1) is 6.31. The topological polar surface area (TPSA) is 43.1 Å². The summed E-state index contributed by atoms with van der Waals surface area (Å²) in [6.07, 6.45) is 5.71. The fourth-order valence-electron chi connectivity index (χ4n) is 1.39. The quantitative estimate of drug-likeness (QED) is 0.694. The van der Waals surface area contributed by atoms with E-state index in [4.69, 9.17) is 0 Å². The molecule has 0 fully saturated rings. The Bertz CT molecular complexity index is 418. The van der Waals surface area contributed by atoms with Crippen LogP contribution in [0.5, 0.6) is 0 Å². The van der Waals surface area contributed by atoms with Gasteiger partial charge in [0.05, 0.1) is 0 Å². The van der Waals surface area contributed by atoms with Gasteiger partial charge < -0.3 is 0 Å². The van der Waals surface area contributed by atoms with Crippen LogP contribution in [0.15, 0.2) is 12.5 Å². The number of fused-ring (bicyclic) bond motifs is 1. The van der Waals surface area contributed by atoms with E-state index in [0.717, 1.165) is 18.5 Å². The van der Waals surface area contributed by atoms with Crippen molar-refractivity contribution in [3.8, 4) is 0 Å². The van der Waals surface area contributed by atoms with E-state index < -0.39 is 0 Å². The normalized spacial score (nSPS) is 10.9. The van der Waals surface area contributed by atoms with Crippen molar-refractivity contribution in [3.63, 3.8) is 0 Å². The highest BCUT2D eigenvalue weighted by Crippen LogP contribution is 2.08. The zero-order valence-corrected chi connectivity index (χ0v) is 7.86. The zero-order chi connectivity index (χ0) is 9.26. The molecule has 0 saturated carbocycles. The lowest BCUT2D eigenvalue weighted by Gasteiger charge is -2.02. The fourth-order valence-corrected chi connectivity index (χ4v) is 1.39. The van der Waals surface area contributed by atoms with Crippen molar-refractivity contribution < 1.29 is 0 Å². The van der Waals surface area contributed by atoms with Crippen LogP contribution in [0.1, 0.15) is 24.6 Å². The molecule has 2 heterocycles. The molecule has 0 spiro atoms. The maximum absolute atomic E-state index is 4.34. The van der Waals surface area contributed by atoms with E-state index in [1.807, 2.05) is 13.1 Å². The molecular formula is C9H12N4. The van der Waals surface area contributed by atoms with Gasteiger partial charge in [0.15, 0.2) is 0 Å². The number of hydrogen-bond donors (Lipinski definition) is 0. The summed E-state index contributed by atoms with van der Waals surface area (Å²) >= 11 is 0. The summed E-state index contributed by atoms with van der Waals surface area (Å²) in [5.74, 6) is 0.678. The number of aromatic nitrogens is 4. The Morgan fingerprint density at radius 3 is 3.08 bits per heavy atom. The van der Waals surface area contributed by atoms with Gasteiger partial charge in [-0.25, -0.2) is 9.50 Å². The Balaban J connectivity index is 2.56. The summed E-state index contributed by atoms with van der Waals surface area (Å²) in [7, 11) is 0. The highest BCUT2D eigenvalue weighted by atomic mass is 15.3. The Hall–Kier alpha value is -1.45. The molecule has 0 radical (unpaired) electrons. The lowest BCUT2D eigenvalue weighted by molar-refractivity contribution is 0.848. The van der Waals surface area contributed by atoms with E-state index in [0.29, 0.717) is 5.78 Å². The molecule has 0 aromatic carbocycles. The van der Waals surface area contributed by atoms with E-state index >= 15 is 0 Å². The van der Waals surface area contributed by atoms with Gasteiger partial charge in [0, 0.05) is 11.9 Å². The smallest absolute Gasteiger partial charge is 0.216 e. The van der Waals surface area contributed by atoms with E-state index in [-0.39, 0.29) is 0 Å². The van der Waals surface area contributed by atoms with E-state index in [1.165, 1.54) is 11.9 Å². The van der Waals surface area contributed by atoms with E-state index in [2.05, 4.69) is 22.0 Å². The van der Waals surface area contributed by atoms with Crippen molar-refractivity contribution in [1.82, 2.24) is 19.6 Å². The average molecular weight is 176 g/mol. The Kier molecular flexibility index (Phi) is 1.96. The summed E-state index contributed by atoms with van der Waals surface area (Å²) in [6, 6.07) is 0. The van der Waals surface area contributed by atoms with Crippen LogP contribution in [0, 0.1) is 6.92 Å². The molecule has 2 aromatic rings. The molecule has 0 N–H and O–H groups in total. The van der Waals surface area contributed by atoms with Crippen LogP contribution < -0.4 is 0 Å². The Labute approximate surface area is 76.6 Å². The lowest BCUT2D eigenvalue weighted by Crippen LogP contribution is -1.99. The minimum absolute atomic E-state index is 0.678. The zero-order valence-electron chi connectivity index (χ0n) is 7.86. The van der Waals surface area contributed by atoms with Crippen molar-refractivity contribution in [3.05, 3.63) is 23.8 Å². The molecule has 0 saturated heterocycles. The molecule has 0 aliphatic heterocycles. The van der Waals surface area contributed by atoms with Crippen LogP contribution >= 0.6 is 0 Å². The summed E-state index contributed by atoms with van der Waals surface area (Å²) in [4.78, 5) is 8.37. The molecule has 4 heteroatoms. The maximum Gasteiger partial charge on any atom is 0.252 e. The summed E-state index contributed by atoms with van der Waals surface area (Å²) in [5.41, 5.74) is 2.31. The molecule has 68 valence electrons. The van der Waals surface area contributed by atoms with Crippen molar-refractivity contribution >= 4 is 5.78 Å². The Morgan fingerprint density at radius 2 is 2.31 bits per heavy atom. The molecular weight excluding hydrogens is 164 g/mol. The van der Waals surface area contributed by atoms with Crippen LogP contribution in [0.4, 0.5) is 0 Å². The van der Waals surface area contributed by atoms with Crippen LogP contribution in [0.3, 0.4) is 0 Å². The average Bonchev–Trinajstić information content (AvgIpc) is 2.52. The predicted molar refractivity (Wildman–Crippen MR) is 49.5 cm³/mol. The molecule has 13 heavy (non-hydrogen) atoms. The van der Waals surface area contributed by atoms with Crippen LogP contribution in [0.2, 0.25) is 0 Å². The van der Waals surface area contributed by atoms with Gasteiger partial charge in [0.2, 0.25) is 0 Å². The fraction of sp³-hybridized carbons (Fsp3) is 0.444. The van der Waals surface area contributed by atoms with Gasteiger partial charge in [-0.3, -0.25) is 0 Å². The number of rotatable bonds is 2. The molecule has 0 atom stereocenters. The molecule has 4 nitrogen and oxygen atoms in total. The predicted octanol–water partition coefficient (Wildman–Crippen LogP) is 1.39. The minimum Gasteiger partial charge on any atom is -0.216 e. The molecule has 0 amide bonds. The summed E-state index contributed by atoms with van der Waals surface area (Å²) in [5, 5.41) is 4.05. The number of hydrogen-bond acceptors (Lipinski definition) is 3. The van der Waals surface area contributed by atoms with Crippen molar-refractivity contribution in [2.75, 3.05) is 0 Å². The molecule has 0 unspecified atom stereocenters. The second-order valence-electron chi connectivity index (χ2n) is 3.11. The first-order valence-corrected chi connectivity index (χ1v) is 4.47. The van der Waals surface area contributed by atoms with Crippen LogP contribution in [-0.4, -0.2) is 19.6 Å². The van der Waals surface area contributed by atoms with E-state index in [1.54, 1.807) is 4.52 Å². The van der Waals surface area contributed by atoms with Gasteiger partial charge >= 0.3 is 0 Å². The second kappa shape index (κ2) is 3.12. The molecule has 0 bridgehead atoms. The van der Waals surface area contributed by atoms with Gasteiger partial charge in [-0.05, 0) is 18.9 Å². The molecule has 2 rings (SSSR count). The standard InChI is InChI=1S/C9H12N4/c1-3-4-8-5-13-9(10-6-11-13)12-7(8)2/h5-6H,3-4H2,1-2H3.